The number of hydrogen-bond donors (Lipinski definition) is 0. The highest BCUT2D eigenvalue weighted by Gasteiger charge is 1.97. The van der Waals surface area contributed by atoms with E-state index in [1.165, 1.54) is 24.6 Å². The molecule has 126 valence electrons. The molecule has 3 heteroatoms. The summed E-state index contributed by atoms with van der Waals surface area (Å²) in [6.45, 7) is 19.0. The van der Waals surface area contributed by atoms with E-state index in [0.29, 0.717) is 0 Å². The van der Waals surface area contributed by atoms with Crippen molar-refractivity contribution in [3.05, 3.63) is 36.6 Å². The van der Waals surface area contributed by atoms with Gasteiger partial charge in [0.15, 0.2) is 0 Å². The third kappa shape index (κ3) is 24.3. The van der Waals surface area contributed by atoms with E-state index in [2.05, 4.69) is 45.9 Å². The number of allylic oxidation sites excluding steroid dienone is 4. The average molecular weight is 301 g/mol. The van der Waals surface area contributed by atoms with Gasteiger partial charge >= 0.3 is 0 Å². The predicted octanol–water partition coefficient (Wildman–Crippen LogP) is 5.38. The number of nitrogens with zero attached hydrogens (tertiary/aromatic N) is 1. The zero-order chi connectivity index (χ0) is 17.1. The molecule has 0 unspecified atom stereocenters. The summed E-state index contributed by atoms with van der Waals surface area (Å²) in [5, 5.41) is 0. The fourth-order valence-corrected chi connectivity index (χ4v) is 1.29. The minimum atomic E-state index is -0.337. The van der Waals surface area contributed by atoms with Gasteiger partial charge in [-0.15, -0.1) is 13.2 Å². The number of alkyl halides is 1. The molecule has 0 fully saturated rings. The lowest BCUT2D eigenvalue weighted by Gasteiger charge is -2.15. The molecule has 0 aromatic rings. The molecule has 0 aromatic heterocycles. The van der Waals surface area contributed by atoms with Crippen LogP contribution in [0.2, 0.25) is 0 Å². The van der Waals surface area contributed by atoms with Gasteiger partial charge in [-0.1, -0.05) is 19.1 Å². The second kappa shape index (κ2) is 21.2. The maximum atomic E-state index is 10.9. The standard InChI is InChI=1S/C12H25NO.C4H7F.C2H4/c1-6-8-13(5)9-7-10-14-12(4)11(2)3;1-2-3-4-5;1-2/h6-10H2,1-5H3;2-3H,4H2,1H3;1-2H2/b;3-2-;. The van der Waals surface area contributed by atoms with Gasteiger partial charge in [-0.2, -0.15) is 0 Å². The maximum absolute atomic E-state index is 10.9. The van der Waals surface area contributed by atoms with Crippen LogP contribution in [0.4, 0.5) is 4.39 Å². The Bertz CT molecular complexity index is 258. The quantitative estimate of drug-likeness (QED) is 0.339. The molecule has 0 aliphatic heterocycles. The van der Waals surface area contributed by atoms with Gasteiger partial charge in [0.2, 0.25) is 0 Å². The van der Waals surface area contributed by atoms with Crippen LogP contribution in [-0.2, 0) is 4.74 Å². The molecule has 21 heavy (non-hydrogen) atoms. The highest BCUT2D eigenvalue weighted by Crippen LogP contribution is 2.04. The Labute approximate surface area is 132 Å². The molecule has 0 heterocycles. The highest BCUT2D eigenvalue weighted by atomic mass is 19.1. The van der Waals surface area contributed by atoms with E-state index in [0.717, 1.165) is 25.3 Å². The van der Waals surface area contributed by atoms with Crippen LogP contribution in [0.5, 0.6) is 0 Å². The smallest absolute Gasteiger partial charge is 0.108 e. The van der Waals surface area contributed by atoms with Gasteiger partial charge in [-0.25, -0.2) is 4.39 Å². The normalized spacial score (nSPS) is 9.52. The molecule has 0 atom stereocenters. The maximum Gasteiger partial charge on any atom is 0.108 e. The average Bonchev–Trinajstić information content (AvgIpc) is 2.47. The van der Waals surface area contributed by atoms with Gasteiger partial charge < -0.3 is 9.64 Å². The third-order valence-electron chi connectivity index (χ3n) is 2.64. The van der Waals surface area contributed by atoms with E-state index in [4.69, 9.17) is 4.74 Å². The van der Waals surface area contributed by atoms with Crippen LogP contribution in [0, 0.1) is 0 Å². The summed E-state index contributed by atoms with van der Waals surface area (Å²) in [4.78, 5) is 2.35. The van der Waals surface area contributed by atoms with Gasteiger partial charge in [0.05, 0.1) is 12.4 Å². The van der Waals surface area contributed by atoms with Crippen LogP contribution in [0.3, 0.4) is 0 Å². The lowest BCUT2D eigenvalue weighted by molar-refractivity contribution is 0.190. The first-order valence-electron chi connectivity index (χ1n) is 7.62. The van der Waals surface area contributed by atoms with Crippen molar-refractivity contribution >= 4 is 0 Å². The highest BCUT2D eigenvalue weighted by molar-refractivity contribution is 4.98. The van der Waals surface area contributed by atoms with Crippen molar-refractivity contribution in [3.8, 4) is 0 Å². The van der Waals surface area contributed by atoms with Crippen LogP contribution in [0.25, 0.3) is 0 Å². The molecule has 0 saturated heterocycles. The summed E-state index contributed by atoms with van der Waals surface area (Å²) >= 11 is 0. The van der Waals surface area contributed by atoms with Crippen molar-refractivity contribution in [2.45, 2.75) is 47.5 Å². The molecule has 0 spiro atoms. The Morgan fingerprint density at radius 1 is 1.19 bits per heavy atom. The first-order valence-corrected chi connectivity index (χ1v) is 7.62. The summed E-state index contributed by atoms with van der Waals surface area (Å²) in [7, 11) is 2.16. The second-order valence-electron chi connectivity index (χ2n) is 4.78. The molecule has 0 aliphatic rings. The Balaban J connectivity index is -0.000000389. The van der Waals surface area contributed by atoms with Crippen LogP contribution in [0.15, 0.2) is 36.6 Å². The zero-order valence-electron chi connectivity index (χ0n) is 15.0. The summed E-state index contributed by atoms with van der Waals surface area (Å²) in [5.41, 5.74) is 1.27. The van der Waals surface area contributed by atoms with E-state index >= 15 is 0 Å². The number of ether oxygens (including phenoxy) is 1. The predicted molar refractivity (Wildman–Crippen MR) is 94.4 cm³/mol. The van der Waals surface area contributed by atoms with E-state index < -0.39 is 0 Å². The van der Waals surface area contributed by atoms with Crippen molar-refractivity contribution in [2.75, 3.05) is 33.4 Å². The second-order valence-corrected chi connectivity index (χ2v) is 4.78. The van der Waals surface area contributed by atoms with Crippen molar-refractivity contribution < 1.29 is 9.13 Å². The summed E-state index contributed by atoms with van der Waals surface area (Å²) in [6, 6.07) is 0. The Hall–Kier alpha value is -1.09. The fourth-order valence-electron chi connectivity index (χ4n) is 1.29. The Kier molecular flexibility index (Phi) is 25.2. The van der Waals surface area contributed by atoms with Gasteiger partial charge in [0.1, 0.15) is 6.67 Å². The topological polar surface area (TPSA) is 12.5 Å². The summed E-state index contributed by atoms with van der Waals surface area (Å²) < 4.78 is 16.5. The molecule has 0 rings (SSSR count). The third-order valence-corrected chi connectivity index (χ3v) is 2.64. The first-order chi connectivity index (χ1) is 9.99. The minimum Gasteiger partial charge on any atom is -0.498 e. The number of hydrogen-bond acceptors (Lipinski definition) is 2. The summed E-state index contributed by atoms with van der Waals surface area (Å²) in [5.74, 6) is 1.07. The van der Waals surface area contributed by atoms with Crippen LogP contribution >= 0.6 is 0 Å². The molecule has 2 nitrogen and oxygen atoms in total. The van der Waals surface area contributed by atoms with Crippen molar-refractivity contribution in [1.82, 2.24) is 4.90 Å². The van der Waals surface area contributed by atoms with Gasteiger partial charge in [-0.05, 0) is 59.7 Å². The number of halogens is 1. The van der Waals surface area contributed by atoms with Crippen molar-refractivity contribution in [1.29, 1.82) is 0 Å². The monoisotopic (exact) mass is 301 g/mol. The molecule has 0 radical (unpaired) electrons. The molecule has 0 N–H and O–H groups in total. The zero-order valence-corrected chi connectivity index (χ0v) is 15.0. The summed E-state index contributed by atoms with van der Waals surface area (Å²) in [6.07, 6.45) is 5.48. The molecule has 0 saturated carbocycles. The molecular formula is C18H36FNO. The fraction of sp³-hybridized carbons (Fsp3) is 0.667. The van der Waals surface area contributed by atoms with E-state index in [1.54, 1.807) is 13.0 Å². The van der Waals surface area contributed by atoms with Crippen LogP contribution in [0.1, 0.15) is 47.5 Å². The van der Waals surface area contributed by atoms with Crippen LogP contribution in [-0.4, -0.2) is 38.3 Å². The molecule has 0 bridgehead atoms. The lowest BCUT2D eigenvalue weighted by Crippen LogP contribution is -2.21. The Morgan fingerprint density at radius 2 is 1.76 bits per heavy atom. The minimum absolute atomic E-state index is 0.337. The number of rotatable bonds is 8. The largest absolute Gasteiger partial charge is 0.498 e. The molecule has 0 amide bonds. The van der Waals surface area contributed by atoms with Crippen molar-refractivity contribution in [2.24, 2.45) is 0 Å². The lowest BCUT2D eigenvalue weighted by atomic mass is 10.3. The Morgan fingerprint density at radius 3 is 2.10 bits per heavy atom. The van der Waals surface area contributed by atoms with E-state index in [1.807, 2.05) is 6.92 Å². The van der Waals surface area contributed by atoms with Crippen LogP contribution < -0.4 is 0 Å². The molecule has 0 aliphatic carbocycles. The molecular weight excluding hydrogens is 265 g/mol. The van der Waals surface area contributed by atoms with Gasteiger partial charge in [0, 0.05) is 6.54 Å². The van der Waals surface area contributed by atoms with Gasteiger partial charge in [0.25, 0.3) is 0 Å². The first kappa shape index (κ1) is 24.9. The van der Waals surface area contributed by atoms with E-state index in [9.17, 15) is 4.39 Å². The van der Waals surface area contributed by atoms with Crippen molar-refractivity contribution in [3.63, 3.8) is 0 Å². The van der Waals surface area contributed by atoms with Gasteiger partial charge in [-0.3, -0.25) is 0 Å². The van der Waals surface area contributed by atoms with E-state index in [-0.39, 0.29) is 6.67 Å². The SMILES string of the molecule is C/C=C\CF.C=C.CCCN(C)CCCOC(C)=C(C)C. The molecule has 0 aromatic carbocycles.